The van der Waals surface area contributed by atoms with Crippen molar-refractivity contribution in [1.82, 2.24) is 5.32 Å². The van der Waals surface area contributed by atoms with Crippen molar-refractivity contribution in [2.24, 2.45) is 0 Å². The molecular weight excluding hydrogens is 190 g/mol. The second-order valence-corrected chi connectivity index (χ2v) is 2.91. The van der Waals surface area contributed by atoms with E-state index in [1.807, 2.05) is 0 Å². The first kappa shape index (κ1) is 12.6. The summed E-state index contributed by atoms with van der Waals surface area (Å²) < 4.78 is 0. The van der Waals surface area contributed by atoms with Crippen LogP contribution in [0.1, 0.15) is 19.8 Å². The van der Waals surface area contributed by atoms with Gasteiger partial charge in [-0.3, -0.25) is 19.7 Å². The molecule has 0 aliphatic carbocycles. The highest BCUT2D eigenvalue weighted by Gasteiger charge is 2.17. The first-order valence-corrected chi connectivity index (χ1v) is 4.11. The fourth-order valence-corrected chi connectivity index (χ4v) is 0.848. The molecule has 0 spiro atoms. The van der Waals surface area contributed by atoms with Gasteiger partial charge < -0.3 is 10.2 Å². The lowest BCUT2D eigenvalue weighted by Crippen LogP contribution is -2.39. The van der Waals surface area contributed by atoms with E-state index in [9.17, 15) is 14.4 Å². The Morgan fingerprint density at radius 1 is 1.29 bits per heavy atom. The molecule has 0 fully saturated rings. The fourth-order valence-electron chi connectivity index (χ4n) is 0.848. The molecule has 3 N–H and O–H groups in total. The van der Waals surface area contributed by atoms with Gasteiger partial charge in [-0.25, -0.2) is 0 Å². The molecule has 14 heavy (non-hydrogen) atoms. The zero-order valence-corrected chi connectivity index (χ0v) is 7.82. The molecule has 1 atom stereocenters. The van der Waals surface area contributed by atoms with Crippen LogP contribution in [0.2, 0.25) is 0 Å². The number of hydrogen-bond acceptors (Lipinski definition) is 4. The number of carboxylic acids is 2. The maximum absolute atomic E-state index is 10.6. The van der Waals surface area contributed by atoms with Crippen molar-refractivity contribution in [1.29, 1.82) is 0 Å². The topological polar surface area (TPSA) is 104 Å². The van der Waals surface area contributed by atoms with Crippen molar-refractivity contribution in [3.05, 3.63) is 0 Å². The second kappa shape index (κ2) is 6.09. The summed E-state index contributed by atoms with van der Waals surface area (Å²) in [6, 6.07) is -0.977. The van der Waals surface area contributed by atoms with E-state index in [-0.39, 0.29) is 25.2 Å². The molecule has 0 saturated carbocycles. The Kier molecular flexibility index (Phi) is 5.47. The van der Waals surface area contributed by atoms with Gasteiger partial charge >= 0.3 is 11.9 Å². The van der Waals surface area contributed by atoms with Crippen molar-refractivity contribution < 1.29 is 24.6 Å². The van der Waals surface area contributed by atoms with E-state index < -0.39 is 18.0 Å². The minimum absolute atomic E-state index is 0.0298. The molecule has 0 aromatic heterocycles. The van der Waals surface area contributed by atoms with Gasteiger partial charge in [0.25, 0.3) is 0 Å². The van der Waals surface area contributed by atoms with Crippen LogP contribution in [0.15, 0.2) is 0 Å². The second-order valence-electron chi connectivity index (χ2n) is 2.91. The van der Waals surface area contributed by atoms with Crippen LogP contribution in [0, 0.1) is 0 Å². The van der Waals surface area contributed by atoms with Crippen molar-refractivity contribution in [2.75, 3.05) is 6.54 Å². The molecule has 0 unspecified atom stereocenters. The first-order chi connectivity index (χ1) is 6.43. The van der Waals surface area contributed by atoms with Crippen LogP contribution in [0.5, 0.6) is 0 Å². The third-order valence-corrected chi connectivity index (χ3v) is 1.54. The summed E-state index contributed by atoms with van der Waals surface area (Å²) in [5.41, 5.74) is 0. The van der Waals surface area contributed by atoms with Gasteiger partial charge in [0, 0.05) is 6.42 Å². The van der Waals surface area contributed by atoms with Crippen LogP contribution in [-0.4, -0.2) is 40.5 Å². The van der Waals surface area contributed by atoms with Crippen LogP contribution in [0.3, 0.4) is 0 Å². The zero-order valence-electron chi connectivity index (χ0n) is 7.82. The third-order valence-electron chi connectivity index (χ3n) is 1.54. The van der Waals surface area contributed by atoms with Gasteiger partial charge in [0.1, 0.15) is 11.8 Å². The Labute approximate surface area is 80.9 Å². The highest BCUT2D eigenvalue weighted by atomic mass is 16.4. The molecule has 0 amide bonds. The Morgan fingerprint density at radius 3 is 2.21 bits per heavy atom. The quantitative estimate of drug-likeness (QED) is 0.514. The van der Waals surface area contributed by atoms with Crippen LogP contribution >= 0.6 is 0 Å². The molecule has 6 nitrogen and oxygen atoms in total. The lowest BCUT2D eigenvalue weighted by Gasteiger charge is -2.11. The van der Waals surface area contributed by atoms with Crippen LogP contribution in [0.25, 0.3) is 0 Å². The summed E-state index contributed by atoms with van der Waals surface area (Å²) in [5, 5.41) is 19.4. The molecular formula is C8H13NO5. The van der Waals surface area contributed by atoms with E-state index in [0.29, 0.717) is 0 Å². The lowest BCUT2D eigenvalue weighted by atomic mass is 10.1. The van der Waals surface area contributed by atoms with Gasteiger partial charge in [0.15, 0.2) is 0 Å². The summed E-state index contributed by atoms with van der Waals surface area (Å²) in [5.74, 6) is -2.39. The largest absolute Gasteiger partial charge is 0.481 e. The lowest BCUT2D eigenvalue weighted by molar-refractivity contribution is -0.140. The van der Waals surface area contributed by atoms with Crippen LogP contribution in [-0.2, 0) is 14.4 Å². The maximum Gasteiger partial charge on any atom is 0.320 e. The van der Waals surface area contributed by atoms with Crippen LogP contribution in [0.4, 0.5) is 0 Å². The number of carbonyl (C=O) groups excluding carboxylic acids is 1. The van der Waals surface area contributed by atoms with Gasteiger partial charge in [-0.05, 0) is 13.3 Å². The number of carbonyl (C=O) groups is 3. The molecule has 0 aromatic rings. The third kappa shape index (κ3) is 6.13. The number of nitrogens with one attached hydrogen (secondary N) is 1. The average molecular weight is 203 g/mol. The number of rotatable bonds is 7. The number of Topliss-reactive ketones (excluding diaryl/α,β-unsaturated/α-hetero) is 1. The van der Waals surface area contributed by atoms with E-state index in [1.165, 1.54) is 6.92 Å². The van der Waals surface area contributed by atoms with E-state index in [2.05, 4.69) is 5.32 Å². The fraction of sp³-hybridized carbons (Fsp3) is 0.625. The van der Waals surface area contributed by atoms with Crippen molar-refractivity contribution in [3.63, 3.8) is 0 Å². The van der Waals surface area contributed by atoms with Crippen molar-refractivity contribution in [2.45, 2.75) is 25.8 Å². The van der Waals surface area contributed by atoms with E-state index >= 15 is 0 Å². The summed E-state index contributed by atoms with van der Waals surface area (Å²) >= 11 is 0. The van der Waals surface area contributed by atoms with Gasteiger partial charge in [-0.1, -0.05) is 0 Å². The van der Waals surface area contributed by atoms with E-state index in [0.717, 1.165) is 0 Å². The predicted octanol–water partition coefficient (Wildman–Crippen LogP) is -0.517. The highest BCUT2D eigenvalue weighted by molar-refractivity contribution is 5.79. The summed E-state index contributed by atoms with van der Waals surface area (Å²) in [6.07, 6.45) is -0.264. The van der Waals surface area contributed by atoms with Crippen LogP contribution < -0.4 is 5.32 Å². The van der Waals surface area contributed by atoms with Crippen molar-refractivity contribution in [3.8, 4) is 0 Å². The van der Waals surface area contributed by atoms with Gasteiger partial charge in [-0.2, -0.15) is 0 Å². The average Bonchev–Trinajstić information content (AvgIpc) is 2.02. The molecule has 0 heterocycles. The smallest absolute Gasteiger partial charge is 0.320 e. The maximum atomic E-state index is 10.6. The van der Waals surface area contributed by atoms with E-state index in [1.54, 1.807) is 0 Å². The molecule has 0 bridgehead atoms. The van der Waals surface area contributed by atoms with Crippen molar-refractivity contribution >= 4 is 17.7 Å². The number of hydrogen-bond donors (Lipinski definition) is 3. The summed E-state index contributed by atoms with van der Waals surface area (Å²) in [6.45, 7) is 1.26. The zero-order chi connectivity index (χ0) is 11.1. The number of ketones is 1. The molecule has 6 heteroatoms. The molecule has 0 aliphatic rings. The Hall–Kier alpha value is -1.43. The summed E-state index contributed by atoms with van der Waals surface area (Å²) in [4.78, 5) is 31.3. The number of aliphatic carboxylic acids is 2. The molecule has 0 aliphatic heterocycles. The Bertz CT molecular complexity index is 220. The SMILES string of the molecule is CC(=O)CN[C@@H](CCC(=O)O)C(=O)O. The Balaban J connectivity index is 3.96. The molecule has 0 aromatic carbocycles. The monoisotopic (exact) mass is 203 g/mol. The normalized spacial score (nSPS) is 12.1. The minimum atomic E-state index is -1.15. The summed E-state index contributed by atoms with van der Waals surface area (Å²) in [7, 11) is 0. The van der Waals surface area contributed by atoms with Gasteiger partial charge in [0.05, 0.1) is 6.54 Å². The minimum Gasteiger partial charge on any atom is -0.481 e. The molecule has 0 radical (unpaired) electrons. The van der Waals surface area contributed by atoms with Gasteiger partial charge in [0.2, 0.25) is 0 Å². The molecule has 0 saturated heterocycles. The highest BCUT2D eigenvalue weighted by Crippen LogP contribution is 1.97. The first-order valence-electron chi connectivity index (χ1n) is 4.11. The molecule has 80 valence electrons. The Morgan fingerprint density at radius 2 is 1.86 bits per heavy atom. The van der Waals surface area contributed by atoms with Gasteiger partial charge in [-0.15, -0.1) is 0 Å². The molecule has 0 rings (SSSR count). The standard InChI is InChI=1S/C8H13NO5/c1-5(10)4-9-6(8(13)14)2-3-7(11)12/h6,9H,2-4H2,1H3,(H,11,12)(H,13,14)/t6-/m0/s1. The predicted molar refractivity (Wildman–Crippen MR) is 47.0 cm³/mol. The van der Waals surface area contributed by atoms with E-state index in [4.69, 9.17) is 10.2 Å². The number of carboxylic acid groups (broad SMARTS) is 2.